The van der Waals surface area contributed by atoms with Crippen molar-refractivity contribution in [3.05, 3.63) is 48.3 Å². The van der Waals surface area contributed by atoms with E-state index in [2.05, 4.69) is 10.6 Å². The number of hydrogen-bond donors (Lipinski definition) is 2. The second-order valence-corrected chi connectivity index (χ2v) is 4.84. The summed E-state index contributed by atoms with van der Waals surface area (Å²) < 4.78 is 23.2. The van der Waals surface area contributed by atoms with Crippen LogP contribution in [-0.2, 0) is 9.59 Å². The first kappa shape index (κ1) is 14.8. The van der Waals surface area contributed by atoms with Gasteiger partial charge < -0.3 is 20.1 Å². The second-order valence-electron chi connectivity index (χ2n) is 4.84. The SMILES string of the molecule is O=C(COc1ccc(F)cc1)Nc1ccc2c(c1)NC(=O)CO2. The third kappa shape index (κ3) is 3.76. The van der Waals surface area contributed by atoms with Gasteiger partial charge in [0.2, 0.25) is 0 Å². The van der Waals surface area contributed by atoms with Gasteiger partial charge in [0.1, 0.15) is 17.3 Å². The van der Waals surface area contributed by atoms with E-state index in [1.54, 1.807) is 18.2 Å². The molecule has 0 bridgehead atoms. The Morgan fingerprint density at radius 2 is 2.04 bits per heavy atom. The van der Waals surface area contributed by atoms with Crippen LogP contribution in [0.25, 0.3) is 0 Å². The van der Waals surface area contributed by atoms with Gasteiger partial charge in [-0.25, -0.2) is 4.39 Å². The first-order valence-electron chi connectivity index (χ1n) is 6.85. The molecule has 2 aromatic rings. The van der Waals surface area contributed by atoms with Gasteiger partial charge in [-0.05, 0) is 42.5 Å². The van der Waals surface area contributed by atoms with Crippen LogP contribution in [0.15, 0.2) is 42.5 Å². The fourth-order valence-electron chi connectivity index (χ4n) is 2.04. The number of nitrogens with one attached hydrogen (secondary N) is 2. The second kappa shape index (κ2) is 6.35. The standard InChI is InChI=1S/C16H13FN2O4/c17-10-1-4-12(5-2-10)22-8-15(20)18-11-3-6-14-13(7-11)19-16(21)9-23-14/h1-7H,8-9H2,(H,18,20)(H,19,21). The van der Waals surface area contributed by atoms with E-state index in [9.17, 15) is 14.0 Å². The average molecular weight is 316 g/mol. The van der Waals surface area contributed by atoms with Crippen LogP contribution in [0.2, 0.25) is 0 Å². The third-order valence-corrected chi connectivity index (χ3v) is 3.08. The number of amides is 2. The molecule has 0 fully saturated rings. The Hall–Kier alpha value is -3.09. The summed E-state index contributed by atoms with van der Waals surface area (Å²) in [5.74, 6) is -0.0594. The third-order valence-electron chi connectivity index (χ3n) is 3.08. The molecule has 2 aromatic carbocycles. The van der Waals surface area contributed by atoms with Crippen molar-refractivity contribution in [1.29, 1.82) is 0 Å². The molecular formula is C16H13FN2O4. The Morgan fingerprint density at radius 3 is 2.83 bits per heavy atom. The lowest BCUT2D eigenvalue weighted by atomic mass is 10.2. The molecule has 0 spiro atoms. The Bertz CT molecular complexity index is 746. The summed E-state index contributed by atoms with van der Waals surface area (Å²) in [6.45, 7) is -0.240. The molecule has 0 unspecified atom stereocenters. The van der Waals surface area contributed by atoms with Gasteiger partial charge in [-0.2, -0.15) is 0 Å². The first-order valence-corrected chi connectivity index (χ1v) is 6.85. The van der Waals surface area contributed by atoms with Crippen LogP contribution in [-0.4, -0.2) is 25.0 Å². The number of carbonyl (C=O) groups excluding carboxylic acids is 2. The van der Waals surface area contributed by atoms with Crippen molar-refractivity contribution in [3.63, 3.8) is 0 Å². The fraction of sp³-hybridized carbons (Fsp3) is 0.125. The summed E-state index contributed by atoms with van der Waals surface area (Å²) in [6, 6.07) is 10.3. The van der Waals surface area contributed by atoms with Crippen molar-refractivity contribution in [3.8, 4) is 11.5 Å². The molecule has 0 saturated carbocycles. The number of ether oxygens (including phenoxy) is 2. The van der Waals surface area contributed by atoms with Gasteiger partial charge in [-0.1, -0.05) is 0 Å². The first-order chi connectivity index (χ1) is 11.1. The predicted molar refractivity (Wildman–Crippen MR) is 81.1 cm³/mol. The Morgan fingerprint density at radius 1 is 1.26 bits per heavy atom. The summed E-state index contributed by atoms with van der Waals surface area (Å²) in [4.78, 5) is 23.1. The van der Waals surface area contributed by atoms with Gasteiger partial charge in [0.05, 0.1) is 5.69 Å². The molecule has 23 heavy (non-hydrogen) atoms. The van der Waals surface area contributed by atoms with Crippen molar-refractivity contribution in [2.24, 2.45) is 0 Å². The maximum atomic E-state index is 12.8. The van der Waals surface area contributed by atoms with Crippen molar-refractivity contribution < 1.29 is 23.5 Å². The summed E-state index contributed by atoms with van der Waals surface area (Å²) in [7, 11) is 0. The molecule has 3 rings (SSSR count). The highest BCUT2D eigenvalue weighted by molar-refractivity contribution is 5.97. The molecule has 0 radical (unpaired) electrons. The van der Waals surface area contributed by atoms with Crippen molar-refractivity contribution in [2.75, 3.05) is 23.8 Å². The Labute approximate surface area is 131 Å². The molecular weight excluding hydrogens is 303 g/mol. The molecule has 1 aliphatic heterocycles. The van der Waals surface area contributed by atoms with Gasteiger partial charge in [0, 0.05) is 5.69 Å². The van der Waals surface area contributed by atoms with Crippen LogP contribution in [0.1, 0.15) is 0 Å². The number of fused-ring (bicyclic) bond motifs is 1. The largest absolute Gasteiger partial charge is 0.484 e. The predicted octanol–water partition coefficient (Wildman–Crippen LogP) is 2.17. The van der Waals surface area contributed by atoms with E-state index < -0.39 is 0 Å². The molecule has 0 saturated heterocycles. The van der Waals surface area contributed by atoms with E-state index in [1.807, 2.05) is 0 Å². The van der Waals surface area contributed by atoms with Crippen LogP contribution >= 0.6 is 0 Å². The number of carbonyl (C=O) groups is 2. The van der Waals surface area contributed by atoms with E-state index in [0.29, 0.717) is 22.9 Å². The number of benzene rings is 2. The molecule has 2 N–H and O–H groups in total. The Kier molecular flexibility index (Phi) is 4.09. The van der Waals surface area contributed by atoms with E-state index in [4.69, 9.17) is 9.47 Å². The highest BCUT2D eigenvalue weighted by Crippen LogP contribution is 2.30. The topological polar surface area (TPSA) is 76.7 Å². The van der Waals surface area contributed by atoms with Crippen LogP contribution in [0.5, 0.6) is 11.5 Å². The van der Waals surface area contributed by atoms with Crippen LogP contribution in [0.4, 0.5) is 15.8 Å². The van der Waals surface area contributed by atoms with E-state index in [0.717, 1.165) is 0 Å². The van der Waals surface area contributed by atoms with Crippen LogP contribution in [0.3, 0.4) is 0 Å². The van der Waals surface area contributed by atoms with E-state index in [1.165, 1.54) is 24.3 Å². The molecule has 118 valence electrons. The van der Waals surface area contributed by atoms with E-state index >= 15 is 0 Å². The highest BCUT2D eigenvalue weighted by atomic mass is 19.1. The lowest BCUT2D eigenvalue weighted by Crippen LogP contribution is -2.25. The van der Waals surface area contributed by atoms with Crippen LogP contribution in [0, 0.1) is 5.82 Å². The smallest absolute Gasteiger partial charge is 0.262 e. The fourth-order valence-corrected chi connectivity index (χ4v) is 2.04. The average Bonchev–Trinajstić information content (AvgIpc) is 2.54. The normalized spacial score (nSPS) is 12.7. The minimum Gasteiger partial charge on any atom is -0.484 e. The molecule has 0 aromatic heterocycles. The quantitative estimate of drug-likeness (QED) is 0.906. The molecule has 6 nitrogen and oxygen atoms in total. The van der Waals surface area contributed by atoms with Crippen molar-refractivity contribution in [1.82, 2.24) is 0 Å². The van der Waals surface area contributed by atoms with Gasteiger partial charge in [-0.3, -0.25) is 9.59 Å². The minimum absolute atomic E-state index is 0.0236. The van der Waals surface area contributed by atoms with E-state index in [-0.39, 0.29) is 30.8 Å². The summed E-state index contributed by atoms with van der Waals surface area (Å²) in [5.41, 5.74) is 1.00. The van der Waals surface area contributed by atoms with Gasteiger partial charge >= 0.3 is 0 Å². The van der Waals surface area contributed by atoms with Crippen LogP contribution < -0.4 is 20.1 Å². The summed E-state index contributed by atoms with van der Waals surface area (Å²) in [6.07, 6.45) is 0. The maximum Gasteiger partial charge on any atom is 0.262 e. The highest BCUT2D eigenvalue weighted by Gasteiger charge is 2.16. The van der Waals surface area contributed by atoms with Gasteiger partial charge in [-0.15, -0.1) is 0 Å². The number of anilines is 2. The zero-order valence-electron chi connectivity index (χ0n) is 12.0. The zero-order chi connectivity index (χ0) is 16.2. The van der Waals surface area contributed by atoms with Gasteiger partial charge in [0.25, 0.3) is 11.8 Å². The Balaban J connectivity index is 1.58. The monoisotopic (exact) mass is 316 g/mol. The van der Waals surface area contributed by atoms with Gasteiger partial charge in [0.15, 0.2) is 13.2 Å². The lowest BCUT2D eigenvalue weighted by molar-refractivity contribution is -0.119. The molecule has 2 amide bonds. The zero-order valence-corrected chi connectivity index (χ0v) is 12.0. The molecule has 7 heteroatoms. The molecule has 1 aliphatic rings. The molecule has 1 heterocycles. The number of hydrogen-bond acceptors (Lipinski definition) is 4. The summed E-state index contributed by atoms with van der Waals surface area (Å²) in [5, 5.41) is 5.30. The number of halogens is 1. The number of rotatable bonds is 4. The summed E-state index contributed by atoms with van der Waals surface area (Å²) >= 11 is 0. The molecule has 0 aliphatic carbocycles. The minimum atomic E-state index is -0.377. The molecule has 0 atom stereocenters. The van der Waals surface area contributed by atoms with Crippen molar-refractivity contribution >= 4 is 23.2 Å². The lowest BCUT2D eigenvalue weighted by Gasteiger charge is -2.18. The van der Waals surface area contributed by atoms with Crippen molar-refractivity contribution in [2.45, 2.75) is 0 Å². The maximum absolute atomic E-state index is 12.8.